The van der Waals surface area contributed by atoms with Gasteiger partial charge in [0.2, 0.25) is 0 Å². The van der Waals surface area contributed by atoms with Gasteiger partial charge in [-0.1, -0.05) is 32.1 Å². The zero-order chi connectivity index (χ0) is 18.8. The fourth-order valence-electron chi connectivity index (χ4n) is 2.44. The van der Waals surface area contributed by atoms with Crippen LogP contribution in [0.4, 0.5) is 16.4 Å². The van der Waals surface area contributed by atoms with Crippen LogP contribution >= 0.6 is 0 Å². The number of aromatic nitrogens is 4. The topological polar surface area (TPSA) is 116 Å². The van der Waals surface area contributed by atoms with Crippen LogP contribution in [0, 0.1) is 6.92 Å². The van der Waals surface area contributed by atoms with E-state index in [0.717, 1.165) is 30.0 Å². The number of H-pyrrole nitrogens is 1. The molecule has 2 aliphatic rings. The van der Waals surface area contributed by atoms with E-state index in [1.807, 2.05) is 19.9 Å². The lowest BCUT2D eigenvalue weighted by atomic mass is 10.3. The molecule has 2 aliphatic carbocycles. The maximum atomic E-state index is 9.94. The minimum absolute atomic E-state index is 0.0775. The van der Waals surface area contributed by atoms with Gasteiger partial charge in [-0.15, -0.1) is 0 Å². The molecule has 4 rings (SSSR count). The van der Waals surface area contributed by atoms with Gasteiger partial charge in [-0.2, -0.15) is 5.10 Å². The van der Waals surface area contributed by atoms with E-state index in [4.69, 9.17) is 5.11 Å². The fraction of sp³-hybridized carbons (Fsp3) is 0.556. The van der Waals surface area contributed by atoms with Crippen molar-refractivity contribution in [1.29, 1.82) is 0 Å². The molecule has 0 aliphatic heterocycles. The third-order valence-corrected chi connectivity index (χ3v) is 4.31. The van der Waals surface area contributed by atoms with Crippen LogP contribution in [0.2, 0.25) is 0 Å². The zero-order valence-corrected chi connectivity index (χ0v) is 15.5. The molecule has 0 unspecified atom stereocenters. The van der Waals surface area contributed by atoms with Gasteiger partial charge < -0.3 is 15.7 Å². The van der Waals surface area contributed by atoms with Crippen molar-refractivity contribution < 1.29 is 9.90 Å². The molecular weight excluding hydrogens is 332 g/mol. The number of carboxylic acid groups (broad SMARTS) is 1. The molecule has 0 bridgehead atoms. The Kier molecular flexibility index (Phi) is 7.37. The number of hydrogen-bond donors (Lipinski definition) is 4. The summed E-state index contributed by atoms with van der Waals surface area (Å²) in [6.07, 6.45) is 13.5. The van der Waals surface area contributed by atoms with Crippen molar-refractivity contribution in [2.75, 3.05) is 5.32 Å². The van der Waals surface area contributed by atoms with E-state index in [2.05, 4.69) is 30.8 Å². The Morgan fingerprint density at radius 3 is 2.31 bits per heavy atom. The number of carbonyl (C=O) groups is 1. The van der Waals surface area contributed by atoms with E-state index < -0.39 is 6.09 Å². The van der Waals surface area contributed by atoms with Crippen molar-refractivity contribution in [1.82, 2.24) is 25.5 Å². The summed E-state index contributed by atoms with van der Waals surface area (Å²) in [5, 5.41) is 20.3. The van der Waals surface area contributed by atoms with Gasteiger partial charge in [-0.05, 0) is 26.7 Å². The average Bonchev–Trinajstić information content (AvgIpc) is 3.09. The molecule has 1 amide bonds. The zero-order valence-electron chi connectivity index (χ0n) is 15.5. The van der Waals surface area contributed by atoms with Crippen LogP contribution in [0.25, 0.3) is 0 Å². The quantitative estimate of drug-likeness (QED) is 0.657. The number of nitrogens with zero attached hydrogens (tertiary/aromatic N) is 3. The summed E-state index contributed by atoms with van der Waals surface area (Å²) in [6, 6.07) is 1.83. The molecule has 4 N–H and O–H groups in total. The van der Waals surface area contributed by atoms with Crippen molar-refractivity contribution >= 4 is 17.7 Å². The molecule has 2 fully saturated rings. The van der Waals surface area contributed by atoms with Crippen molar-refractivity contribution in [2.45, 2.75) is 64.3 Å². The van der Waals surface area contributed by atoms with E-state index in [1.165, 1.54) is 38.4 Å². The molecule has 2 aromatic heterocycles. The van der Waals surface area contributed by atoms with E-state index in [-0.39, 0.29) is 5.54 Å². The lowest BCUT2D eigenvalue weighted by Gasteiger charge is -2.04. The molecule has 0 saturated heterocycles. The summed E-state index contributed by atoms with van der Waals surface area (Å²) in [7, 11) is 0. The Bertz CT molecular complexity index is 658. The molecule has 2 saturated carbocycles. The van der Waals surface area contributed by atoms with Gasteiger partial charge in [-0.25, -0.2) is 14.8 Å². The Labute approximate surface area is 153 Å². The third-order valence-electron chi connectivity index (χ3n) is 4.31. The summed E-state index contributed by atoms with van der Waals surface area (Å²) >= 11 is 0. The molecule has 2 aromatic rings. The predicted molar refractivity (Wildman–Crippen MR) is 101 cm³/mol. The van der Waals surface area contributed by atoms with Gasteiger partial charge in [0.05, 0.1) is 6.20 Å². The second-order valence-electron chi connectivity index (χ2n) is 6.91. The number of amides is 1. The summed E-state index contributed by atoms with van der Waals surface area (Å²) in [4.78, 5) is 17.9. The van der Waals surface area contributed by atoms with E-state index in [9.17, 15) is 4.79 Å². The number of hydrogen-bond acceptors (Lipinski definition) is 5. The van der Waals surface area contributed by atoms with Gasteiger partial charge in [0.25, 0.3) is 0 Å². The van der Waals surface area contributed by atoms with E-state index in [1.54, 1.807) is 12.4 Å². The Hall–Kier alpha value is -2.64. The van der Waals surface area contributed by atoms with Gasteiger partial charge in [0.1, 0.15) is 18.0 Å². The van der Waals surface area contributed by atoms with Gasteiger partial charge in [-0.3, -0.25) is 5.10 Å². The third kappa shape index (κ3) is 7.50. The Morgan fingerprint density at radius 2 is 1.88 bits per heavy atom. The highest BCUT2D eigenvalue weighted by Crippen LogP contribution is 2.33. The molecule has 2 heterocycles. The highest BCUT2D eigenvalue weighted by molar-refractivity contribution is 5.66. The van der Waals surface area contributed by atoms with E-state index in [0.29, 0.717) is 0 Å². The summed E-state index contributed by atoms with van der Waals surface area (Å²) in [6.45, 7) is 3.85. The minimum atomic E-state index is -0.912. The fourth-order valence-corrected chi connectivity index (χ4v) is 2.44. The first-order valence-electron chi connectivity index (χ1n) is 9.03. The van der Waals surface area contributed by atoms with Gasteiger partial charge in [0.15, 0.2) is 0 Å². The molecule has 0 atom stereocenters. The normalized spacial score (nSPS) is 16.4. The van der Waals surface area contributed by atoms with Crippen molar-refractivity contribution in [3.63, 3.8) is 0 Å². The van der Waals surface area contributed by atoms with Crippen LogP contribution in [-0.2, 0) is 0 Å². The number of anilines is 2. The van der Waals surface area contributed by atoms with Crippen LogP contribution in [-0.4, -0.2) is 36.9 Å². The molecule has 142 valence electrons. The Morgan fingerprint density at radius 1 is 1.23 bits per heavy atom. The standard InChI is InChI=1S/C8H9N5.C5H9NO2.C5H10/c1-6-4-9-5-10-8(6)12-7-2-3-11-13-7;1-5(2-3-5)6-4(7)8;1-2-4-5-3-1/h2-5H,1H3,(H2,9,10,11,12,13);6H,2-3H2,1H3,(H,7,8);1-5H2. The lowest BCUT2D eigenvalue weighted by molar-refractivity contribution is 0.189. The molecule has 0 spiro atoms. The van der Waals surface area contributed by atoms with Crippen LogP contribution in [0.3, 0.4) is 0 Å². The smallest absolute Gasteiger partial charge is 0.405 e. The summed E-state index contributed by atoms with van der Waals surface area (Å²) in [5.41, 5.74) is 0.920. The number of nitrogens with one attached hydrogen (secondary N) is 3. The van der Waals surface area contributed by atoms with Crippen LogP contribution < -0.4 is 10.6 Å². The number of aromatic amines is 1. The SMILES string of the molecule is C1CCCC1.CC1(NC(=O)O)CC1.Cc1cncnc1Nc1ccn[nH]1. The largest absolute Gasteiger partial charge is 0.465 e. The highest BCUT2D eigenvalue weighted by atomic mass is 16.4. The molecule has 8 heteroatoms. The maximum Gasteiger partial charge on any atom is 0.405 e. The van der Waals surface area contributed by atoms with Crippen LogP contribution in [0.5, 0.6) is 0 Å². The van der Waals surface area contributed by atoms with Gasteiger partial charge in [0, 0.05) is 23.4 Å². The summed E-state index contributed by atoms with van der Waals surface area (Å²) < 4.78 is 0. The number of aryl methyl sites for hydroxylation is 1. The Balaban J connectivity index is 0.000000158. The molecule has 0 radical (unpaired) electrons. The van der Waals surface area contributed by atoms with E-state index >= 15 is 0 Å². The maximum absolute atomic E-state index is 9.94. The van der Waals surface area contributed by atoms with Crippen molar-refractivity contribution in [2.24, 2.45) is 0 Å². The van der Waals surface area contributed by atoms with Crippen molar-refractivity contribution in [3.8, 4) is 0 Å². The number of rotatable bonds is 3. The molecular formula is C18H28N6O2. The first kappa shape index (κ1) is 19.7. The molecule has 8 nitrogen and oxygen atoms in total. The summed E-state index contributed by atoms with van der Waals surface area (Å²) in [5.74, 6) is 1.61. The predicted octanol–water partition coefficient (Wildman–Crippen LogP) is 4.01. The molecule has 26 heavy (non-hydrogen) atoms. The second kappa shape index (κ2) is 9.74. The average molecular weight is 360 g/mol. The van der Waals surface area contributed by atoms with Crippen molar-refractivity contribution in [3.05, 3.63) is 30.4 Å². The minimum Gasteiger partial charge on any atom is -0.465 e. The van der Waals surface area contributed by atoms with Gasteiger partial charge >= 0.3 is 6.09 Å². The highest BCUT2D eigenvalue weighted by Gasteiger charge is 2.38. The second-order valence-corrected chi connectivity index (χ2v) is 6.91. The first-order chi connectivity index (χ1) is 12.5. The first-order valence-corrected chi connectivity index (χ1v) is 9.03. The lowest BCUT2D eigenvalue weighted by Crippen LogP contribution is -2.32. The van der Waals surface area contributed by atoms with Crippen LogP contribution in [0.15, 0.2) is 24.8 Å². The monoisotopic (exact) mass is 360 g/mol. The van der Waals surface area contributed by atoms with Crippen LogP contribution in [0.1, 0.15) is 57.4 Å². The molecule has 0 aromatic carbocycles.